The summed E-state index contributed by atoms with van der Waals surface area (Å²) in [5.74, 6) is 0.712. The molecule has 2 nitrogen and oxygen atoms in total. The van der Waals surface area contributed by atoms with Crippen molar-refractivity contribution in [3.8, 4) is 0 Å². The van der Waals surface area contributed by atoms with E-state index in [-0.39, 0.29) is 0 Å². The van der Waals surface area contributed by atoms with Gasteiger partial charge in [0.1, 0.15) is 10.2 Å². The Balaban J connectivity index is 2.32. The molecule has 0 spiro atoms. The van der Waals surface area contributed by atoms with Crippen molar-refractivity contribution in [2.45, 2.75) is 42.1 Å². The van der Waals surface area contributed by atoms with E-state index < -0.39 is 21.0 Å². The van der Waals surface area contributed by atoms with Crippen LogP contribution in [0.2, 0.25) is 0 Å². The first kappa shape index (κ1) is 14.1. The van der Waals surface area contributed by atoms with E-state index in [2.05, 4.69) is 13.8 Å². The zero-order valence-corrected chi connectivity index (χ0v) is 12.5. The molecule has 18 heavy (non-hydrogen) atoms. The van der Waals surface area contributed by atoms with Gasteiger partial charge in [0.2, 0.25) is 0 Å². The lowest BCUT2D eigenvalue weighted by molar-refractivity contribution is 0.160. The second-order valence-corrected chi connectivity index (χ2v) is 8.94. The standard InChI is InChI=1S/C14H20O2S2/c1-11(2)17-14(9-6-10-18(14)16)13(15)12-7-4-3-5-8-12/h3-5,7-8,11,13,15H,6,9-10H2,1-2H3. The fourth-order valence-corrected chi connectivity index (χ4v) is 6.55. The molecule has 3 atom stereocenters. The molecule has 1 aliphatic heterocycles. The highest BCUT2D eigenvalue weighted by atomic mass is 32.2. The SMILES string of the molecule is CC(C)SC1(C(O)c2ccccc2)CCCS1=O. The predicted octanol–water partition coefficient (Wildman–Crippen LogP) is 3.10. The zero-order chi connectivity index (χ0) is 13.2. The summed E-state index contributed by atoms with van der Waals surface area (Å²) in [5, 5.41) is 11.0. The third-order valence-corrected chi connectivity index (χ3v) is 7.21. The highest BCUT2D eigenvalue weighted by molar-refractivity contribution is 8.13. The number of thioether (sulfide) groups is 1. The van der Waals surface area contributed by atoms with Crippen molar-refractivity contribution < 1.29 is 9.32 Å². The second kappa shape index (κ2) is 5.76. The molecule has 1 aromatic rings. The van der Waals surface area contributed by atoms with Gasteiger partial charge in [-0.2, -0.15) is 0 Å². The predicted molar refractivity (Wildman–Crippen MR) is 79.1 cm³/mol. The zero-order valence-electron chi connectivity index (χ0n) is 10.8. The van der Waals surface area contributed by atoms with Crippen LogP contribution in [-0.4, -0.2) is 24.4 Å². The summed E-state index contributed by atoms with van der Waals surface area (Å²) in [5.41, 5.74) is 0.876. The van der Waals surface area contributed by atoms with Gasteiger partial charge >= 0.3 is 0 Å². The molecule has 1 heterocycles. The Morgan fingerprint density at radius 3 is 2.50 bits per heavy atom. The van der Waals surface area contributed by atoms with Gasteiger partial charge in [-0.15, -0.1) is 11.8 Å². The molecule has 0 amide bonds. The average Bonchev–Trinajstić information content (AvgIpc) is 2.71. The van der Waals surface area contributed by atoms with Crippen molar-refractivity contribution in [2.24, 2.45) is 0 Å². The van der Waals surface area contributed by atoms with Gasteiger partial charge in [0.15, 0.2) is 0 Å². The number of benzene rings is 1. The summed E-state index contributed by atoms with van der Waals surface area (Å²) in [6, 6.07) is 9.62. The summed E-state index contributed by atoms with van der Waals surface area (Å²) in [7, 11) is -0.957. The lowest BCUT2D eigenvalue weighted by Crippen LogP contribution is -2.35. The van der Waals surface area contributed by atoms with Gasteiger partial charge < -0.3 is 5.11 Å². The highest BCUT2D eigenvalue weighted by Gasteiger charge is 2.48. The molecule has 0 aliphatic carbocycles. The van der Waals surface area contributed by atoms with Crippen molar-refractivity contribution in [2.75, 3.05) is 5.75 Å². The molecular weight excluding hydrogens is 264 g/mol. The molecule has 1 aliphatic rings. The fraction of sp³-hybridized carbons (Fsp3) is 0.571. The number of rotatable bonds is 4. The largest absolute Gasteiger partial charge is 0.386 e. The van der Waals surface area contributed by atoms with Crippen LogP contribution < -0.4 is 0 Å². The Bertz CT molecular complexity index is 419. The molecule has 1 aromatic carbocycles. The monoisotopic (exact) mass is 284 g/mol. The van der Waals surface area contributed by atoms with Crippen LogP contribution >= 0.6 is 11.8 Å². The van der Waals surface area contributed by atoms with Crippen LogP contribution in [0.15, 0.2) is 30.3 Å². The topological polar surface area (TPSA) is 37.3 Å². The van der Waals surface area contributed by atoms with Gasteiger partial charge in [-0.1, -0.05) is 44.2 Å². The molecule has 100 valence electrons. The van der Waals surface area contributed by atoms with Crippen LogP contribution in [0.5, 0.6) is 0 Å². The summed E-state index contributed by atoms with van der Waals surface area (Å²) < 4.78 is 11.9. The molecule has 1 saturated heterocycles. The summed E-state index contributed by atoms with van der Waals surface area (Å²) in [6.45, 7) is 4.19. The van der Waals surface area contributed by atoms with Crippen molar-refractivity contribution in [3.63, 3.8) is 0 Å². The minimum atomic E-state index is -0.957. The van der Waals surface area contributed by atoms with E-state index in [1.807, 2.05) is 30.3 Å². The van der Waals surface area contributed by atoms with Gasteiger partial charge in [-0.25, -0.2) is 0 Å². The minimum Gasteiger partial charge on any atom is -0.386 e. The van der Waals surface area contributed by atoms with Crippen LogP contribution in [0, 0.1) is 0 Å². The molecule has 1 N–H and O–H groups in total. The van der Waals surface area contributed by atoms with Gasteiger partial charge in [0, 0.05) is 21.8 Å². The second-order valence-electron chi connectivity index (χ2n) is 4.94. The van der Waals surface area contributed by atoms with Crippen molar-refractivity contribution in [1.82, 2.24) is 0 Å². The number of hydrogen-bond acceptors (Lipinski definition) is 3. The third kappa shape index (κ3) is 2.65. The van der Waals surface area contributed by atoms with Crippen LogP contribution in [0.4, 0.5) is 0 Å². The number of aliphatic hydroxyl groups excluding tert-OH is 1. The molecule has 2 rings (SSSR count). The minimum absolute atomic E-state index is 0.366. The third-order valence-electron chi connectivity index (χ3n) is 3.21. The maximum atomic E-state index is 12.4. The maximum absolute atomic E-state index is 12.4. The average molecular weight is 284 g/mol. The van der Waals surface area contributed by atoms with E-state index in [1.165, 1.54) is 0 Å². The Kier molecular flexibility index (Phi) is 4.51. The van der Waals surface area contributed by atoms with Gasteiger partial charge in [-0.05, 0) is 18.4 Å². The molecular formula is C14H20O2S2. The molecule has 0 radical (unpaired) electrons. The Morgan fingerprint density at radius 1 is 1.33 bits per heavy atom. The van der Waals surface area contributed by atoms with Crippen LogP contribution in [0.25, 0.3) is 0 Å². The summed E-state index contributed by atoms with van der Waals surface area (Å²) >= 11 is 1.67. The van der Waals surface area contributed by atoms with E-state index in [9.17, 15) is 9.32 Å². The number of hydrogen-bond donors (Lipinski definition) is 1. The summed E-state index contributed by atoms with van der Waals surface area (Å²) in [4.78, 5) is 0. The van der Waals surface area contributed by atoms with E-state index >= 15 is 0 Å². The Labute approximate surface area is 116 Å². The van der Waals surface area contributed by atoms with E-state index in [0.717, 1.165) is 18.4 Å². The first-order valence-corrected chi connectivity index (χ1v) is 8.55. The van der Waals surface area contributed by atoms with Crippen LogP contribution in [0.1, 0.15) is 38.4 Å². The molecule has 0 bridgehead atoms. The Morgan fingerprint density at radius 2 is 2.00 bits per heavy atom. The number of aliphatic hydroxyl groups is 1. The van der Waals surface area contributed by atoms with Crippen LogP contribution in [-0.2, 0) is 10.8 Å². The van der Waals surface area contributed by atoms with Gasteiger partial charge in [0.05, 0.1) is 0 Å². The first-order chi connectivity index (χ1) is 8.56. The maximum Gasteiger partial charge on any atom is 0.121 e. The van der Waals surface area contributed by atoms with Crippen LogP contribution in [0.3, 0.4) is 0 Å². The normalized spacial score (nSPS) is 29.7. The lowest BCUT2D eigenvalue weighted by Gasteiger charge is -2.34. The molecule has 4 heteroatoms. The molecule has 0 saturated carbocycles. The highest BCUT2D eigenvalue weighted by Crippen LogP contribution is 2.49. The molecule has 3 unspecified atom stereocenters. The Hall–Kier alpha value is -0.320. The van der Waals surface area contributed by atoms with E-state index in [1.54, 1.807) is 11.8 Å². The fourth-order valence-electron chi connectivity index (χ4n) is 2.46. The smallest absolute Gasteiger partial charge is 0.121 e. The van der Waals surface area contributed by atoms with Crippen molar-refractivity contribution >= 4 is 22.6 Å². The van der Waals surface area contributed by atoms with Gasteiger partial charge in [-0.3, -0.25) is 4.21 Å². The van der Waals surface area contributed by atoms with Gasteiger partial charge in [0.25, 0.3) is 0 Å². The van der Waals surface area contributed by atoms with Crippen molar-refractivity contribution in [3.05, 3.63) is 35.9 Å². The lowest BCUT2D eigenvalue weighted by atomic mass is 10.0. The first-order valence-electron chi connectivity index (χ1n) is 6.35. The quantitative estimate of drug-likeness (QED) is 0.923. The molecule has 0 aromatic heterocycles. The van der Waals surface area contributed by atoms with Crippen molar-refractivity contribution in [1.29, 1.82) is 0 Å². The summed E-state index contributed by atoms with van der Waals surface area (Å²) in [6.07, 6.45) is 1.13. The molecule has 1 fully saturated rings. The van der Waals surface area contributed by atoms with E-state index in [0.29, 0.717) is 11.0 Å². The van der Waals surface area contributed by atoms with E-state index in [4.69, 9.17) is 0 Å².